The van der Waals surface area contributed by atoms with E-state index in [1.54, 1.807) is 0 Å². The minimum atomic E-state index is 0.230. The van der Waals surface area contributed by atoms with Gasteiger partial charge in [0.25, 0.3) is 0 Å². The summed E-state index contributed by atoms with van der Waals surface area (Å²) in [4.78, 5) is 0. The topological polar surface area (TPSA) is 35.2 Å². The van der Waals surface area contributed by atoms with Crippen molar-refractivity contribution in [3.8, 4) is 5.75 Å². The SMILES string of the molecule is CCCCCOc1ccc2c(c1)CCCC2N. The second-order valence-corrected chi connectivity index (χ2v) is 4.91. The smallest absolute Gasteiger partial charge is 0.119 e. The monoisotopic (exact) mass is 233 g/mol. The quantitative estimate of drug-likeness (QED) is 0.789. The summed E-state index contributed by atoms with van der Waals surface area (Å²) in [5.74, 6) is 1.01. The van der Waals surface area contributed by atoms with Crippen molar-refractivity contribution in [3.05, 3.63) is 29.3 Å². The summed E-state index contributed by atoms with van der Waals surface area (Å²) in [5, 5.41) is 0. The molecule has 17 heavy (non-hydrogen) atoms. The Morgan fingerprint density at radius 1 is 1.35 bits per heavy atom. The van der Waals surface area contributed by atoms with Crippen LogP contribution < -0.4 is 10.5 Å². The molecule has 0 bridgehead atoms. The molecule has 1 aliphatic carbocycles. The van der Waals surface area contributed by atoms with Gasteiger partial charge in [-0.2, -0.15) is 0 Å². The molecule has 1 aromatic carbocycles. The fraction of sp³-hybridized carbons (Fsp3) is 0.600. The number of ether oxygens (including phenoxy) is 1. The third-order valence-corrected chi connectivity index (χ3v) is 3.49. The molecule has 1 atom stereocenters. The van der Waals surface area contributed by atoms with Crippen molar-refractivity contribution in [3.63, 3.8) is 0 Å². The fourth-order valence-electron chi connectivity index (χ4n) is 2.46. The predicted molar refractivity (Wildman–Crippen MR) is 71.3 cm³/mol. The third-order valence-electron chi connectivity index (χ3n) is 3.49. The Hall–Kier alpha value is -1.02. The molecule has 0 heterocycles. The Balaban J connectivity index is 1.96. The zero-order valence-electron chi connectivity index (χ0n) is 10.7. The van der Waals surface area contributed by atoms with Gasteiger partial charge in [-0.15, -0.1) is 0 Å². The van der Waals surface area contributed by atoms with Crippen molar-refractivity contribution < 1.29 is 4.74 Å². The molecule has 2 heteroatoms. The summed E-state index contributed by atoms with van der Waals surface area (Å²) in [5.41, 5.74) is 8.80. The molecule has 94 valence electrons. The van der Waals surface area contributed by atoms with Gasteiger partial charge >= 0.3 is 0 Å². The summed E-state index contributed by atoms with van der Waals surface area (Å²) in [6.07, 6.45) is 7.09. The van der Waals surface area contributed by atoms with Crippen molar-refractivity contribution in [2.24, 2.45) is 5.73 Å². The third kappa shape index (κ3) is 3.22. The van der Waals surface area contributed by atoms with E-state index in [1.165, 1.54) is 30.4 Å². The number of hydrogen-bond acceptors (Lipinski definition) is 2. The highest BCUT2D eigenvalue weighted by Gasteiger charge is 2.16. The molecule has 0 saturated heterocycles. The van der Waals surface area contributed by atoms with Crippen LogP contribution in [0.25, 0.3) is 0 Å². The summed E-state index contributed by atoms with van der Waals surface area (Å²) in [7, 11) is 0. The number of benzene rings is 1. The standard InChI is InChI=1S/C15H23NO/c1-2-3-4-10-17-13-8-9-14-12(11-13)6-5-7-15(14)16/h8-9,11,15H,2-7,10,16H2,1H3. The van der Waals surface area contributed by atoms with E-state index in [0.717, 1.165) is 31.6 Å². The van der Waals surface area contributed by atoms with E-state index in [4.69, 9.17) is 10.5 Å². The van der Waals surface area contributed by atoms with Crippen molar-refractivity contribution in [2.75, 3.05) is 6.61 Å². The molecule has 2 N–H and O–H groups in total. The summed E-state index contributed by atoms with van der Waals surface area (Å²) < 4.78 is 5.77. The summed E-state index contributed by atoms with van der Waals surface area (Å²) in [6.45, 7) is 3.04. The van der Waals surface area contributed by atoms with Gasteiger partial charge in [-0.1, -0.05) is 25.8 Å². The highest BCUT2D eigenvalue weighted by Crippen LogP contribution is 2.30. The van der Waals surface area contributed by atoms with Crippen LogP contribution in [0.1, 0.15) is 56.2 Å². The minimum absolute atomic E-state index is 0.230. The van der Waals surface area contributed by atoms with E-state index in [9.17, 15) is 0 Å². The van der Waals surface area contributed by atoms with Crippen LogP contribution in [0.4, 0.5) is 0 Å². The lowest BCUT2D eigenvalue weighted by molar-refractivity contribution is 0.305. The highest BCUT2D eigenvalue weighted by atomic mass is 16.5. The molecule has 0 aromatic heterocycles. The molecular formula is C15H23NO. The molecule has 1 aliphatic rings. The van der Waals surface area contributed by atoms with Crippen LogP contribution in [0.2, 0.25) is 0 Å². The lowest BCUT2D eigenvalue weighted by Gasteiger charge is -2.22. The van der Waals surface area contributed by atoms with E-state index in [2.05, 4.69) is 25.1 Å². The van der Waals surface area contributed by atoms with Crippen LogP contribution in [-0.2, 0) is 6.42 Å². The van der Waals surface area contributed by atoms with Crippen molar-refractivity contribution in [1.82, 2.24) is 0 Å². The number of unbranched alkanes of at least 4 members (excludes halogenated alkanes) is 2. The number of hydrogen-bond donors (Lipinski definition) is 1. The molecule has 0 fully saturated rings. The number of fused-ring (bicyclic) bond motifs is 1. The largest absolute Gasteiger partial charge is 0.494 e. The van der Waals surface area contributed by atoms with Gasteiger partial charge in [-0.3, -0.25) is 0 Å². The van der Waals surface area contributed by atoms with Gasteiger partial charge in [0, 0.05) is 6.04 Å². The van der Waals surface area contributed by atoms with Crippen LogP contribution >= 0.6 is 0 Å². The Bertz CT molecular complexity index is 362. The molecule has 1 aromatic rings. The average Bonchev–Trinajstić information content (AvgIpc) is 2.35. The molecule has 0 saturated carbocycles. The van der Waals surface area contributed by atoms with E-state index in [-0.39, 0.29) is 6.04 Å². The molecule has 0 radical (unpaired) electrons. The van der Waals surface area contributed by atoms with Gasteiger partial charge in [-0.05, 0) is 48.9 Å². The molecule has 2 nitrogen and oxygen atoms in total. The van der Waals surface area contributed by atoms with Gasteiger partial charge in [-0.25, -0.2) is 0 Å². The maximum absolute atomic E-state index is 6.10. The maximum atomic E-state index is 6.10. The number of rotatable bonds is 5. The van der Waals surface area contributed by atoms with Crippen molar-refractivity contribution in [2.45, 2.75) is 51.5 Å². The van der Waals surface area contributed by atoms with Crippen LogP contribution in [0.3, 0.4) is 0 Å². The van der Waals surface area contributed by atoms with Crippen LogP contribution in [0, 0.1) is 0 Å². The van der Waals surface area contributed by atoms with Gasteiger partial charge in [0.1, 0.15) is 5.75 Å². The van der Waals surface area contributed by atoms with E-state index >= 15 is 0 Å². The number of aryl methyl sites for hydroxylation is 1. The van der Waals surface area contributed by atoms with Gasteiger partial charge in [0.05, 0.1) is 6.61 Å². The number of nitrogens with two attached hydrogens (primary N) is 1. The highest BCUT2D eigenvalue weighted by molar-refractivity contribution is 5.38. The molecule has 2 rings (SSSR count). The summed E-state index contributed by atoms with van der Waals surface area (Å²) >= 11 is 0. The van der Waals surface area contributed by atoms with Crippen molar-refractivity contribution in [1.29, 1.82) is 0 Å². The van der Waals surface area contributed by atoms with Crippen LogP contribution in [-0.4, -0.2) is 6.61 Å². The zero-order valence-corrected chi connectivity index (χ0v) is 10.7. The molecule has 0 aliphatic heterocycles. The normalized spacial score (nSPS) is 18.8. The average molecular weight is 233 g/mol. The maximum Gasteiger partial charge on any atom is 0.119 e. The lowest BCUT2D eigenvalue weighted by atomic mass is 9.88. The predicted octanol–water partition coefficient (Wildman–Crippen LogP) is 3.59. The minimum Gasteiger partial charge on any atom is -0.494 e. The van der Waals surface area contributed by atoms with Gasteiger partial charge in [0.2, 0.25) is 0 Å². The first-order valence-electron chi connectivity index (χ1n) is 6.82. The Morgan fingerprint density at radius 3 is 3.06 bits per heavy atom. The molecule has 0 spiro atoms. The van der Waals surface area contributed by atoms with E-state index < -0.39 is 0 Å². The Morgan fingerprint density at radius 2 is 2.24 bits per heavy atom. The molecular weight excluding hydrogens is 210 g/mol. The fourth-order valence-corrected chi connectivity index (χ4v) is 2.46. The summed E-state index contributed by atoms with van der Waals surface area (Å²) in [6, 6.07) is 6.62. The van der Waals surface area contributed by atoms with E-state index in [0.29, 0.717) is 0 Å². The Kier molecular flexibility index (Phi) is 4.43. The van der Waals surface area contributed by atoms with Crippen molar-refractivity contribution >= 4 is 0 Å². The first kappa shape index (κ1) is 12.4. The van der Waals surface area contributed by atoms with Gasteiger partial charge in [0.15, 0.2) is 0 Å². The molecule has 1 unspecified atom stereocenters. The van der Waals surface area contributed by atoms with E-state index in [1.807, 2.05) is 0 Å². The van der Waals surface area contributed by atoms with Gasteiger partial charge < -0.3 is 10.5 Å². The van der Waals surface area contributed by atoms with Crippen LogP contribution in [0.5, 0.6) is 5.75 Å². The lowest BCUT2D eigenvalue weighted by Crippen LogP contribution is -2.17. The second-order valence-electron chi connectivity index (χ2n) is 4.91. The molecule has 0 amide bonds. The Labute approximate surface area is 104 Å². The zero-order chi connectivity index (χ0) is 12.1. The first-order valence-corrected chi connectivity index (χ1v) is 6.82. The van der Waals surface area contributed by atoms with Crippen LogP contribution in [0.15, 0.2) is 18.2 Å². The second kappa shape index (κ2) is 6.06. The first-order chi connectivity index (χ1) is 8.31.